The molecule has 0 aliphatic carbocycles. The van der Waals surface area contributed by atoms with Crippen LogP contribution in [0.15, 0.2) is 23.3 Å². The van der Waals surface area contributed by atoms with E-state index in [4.69, 9.17) is 12.2 Å². The van der Waals surface area contributed by atoms with Gasteiger partial charge in [-0.1, -0.05) is 11.8 Å². The first-order valence-electron chi connectivity index (χ1n) is 5.45. The molecule has 7 nitrogen and oxygen atoms in total. The Labute approximate surface area is 115 Å². The monoisotopic (exact) mass is 281 g/mol. The van der Waals surface area contributed by atoms with E-state index < -0.39 is 4.92 Å². The fourth-order valence-corrected chi connectivity index (χ4v) is 1.49. The number of hydrogen-bond donors (Lipinski definition) is 2. The molecule has 0 radical (unpaired) electrons. The summed E-state index contributed by atoms with van der Waals surface area (Å²) in [7, 11) is 0. The summed E-state index contributed by atoms with van der Waals surface area (Å²) in [4.78, 5) is 10.0. The predicted octanol–water partition coefficient (Wildman–Crippen LogP) is 0.875. The van der Waals surface area contributed by atoms with Crippen molar-refractivity contribution in [1.82, 2.24) is 10.7 Å². The summed E-state index contributed by atoms with van der Waals surface area (Å²) in [5.74, 6) is -0.348. The molecule has 102 valence electrons. The zero-order valence-corrected chi connectivity index (χ0v) is 11.2. The van der Waals surface area contributed by atoms with Crippen LogP contribution in [0.3, 0.4) is 0 Å². The molecule has 0 amide bonds. The maximum absolute atomic E-state index is 11.5. The first-order valence-corrected chi connectivity index (χ1v) is 5.86. The number of nitro groups is 1. The normalized spacial score (nSPS) is 10.7. The molecule has 0 fully saturated rings. The van der Waals surface area contributed by atoms with Gasteiger partial charge in [0.1, 0.15) is 0 Å². The number of hydrazone groups is 1. The number of nitro benzene ring substituents is 1. The maximum atomic E-state index is 11.5. The molecule has 1 aromatic carbocycles. The van der Waals surface area contributed by atoms with Gasteiger partial charge in [0.25, 0.3) is 5.69 Å². The van der Waals surface area contributed by atoms with Crippen molar-refractivity contribution in [3.8, 4) is 5.75 Å². The lowest BCUT2D eigenvalue weighted by Gasteiger charge is -2.11. The van der Waals surface area contributed by atoms with Gasteiger partial charge in [0.15, 0.2) is 5.11 Å². The van der Waals surface area contributed by atoms with Crippen LogP contribution in [0.1, 0.15) is 19.4 Å². The van der Waals surface area contributed by atoms with Crippen LogP contribution in [0.5, 0.6) is 5.75 Å². The maximum Gasteiger partial charge on any atom is 0.270 e. The second-order valence-electron chi connectivity index (χ2n) is 3.98. The highest BCUT2D eigenvalue weighted by Crippen LogP contribution is 2.18. The minimum atomic E-state index is -0.574. The molecule has 0 bridgehead atoms. The minimum absolute atomic E-state index is 0.119. The Kier molecular flexibility index (Phi) is 5.19. The fourth-order valence-electron chi connectivity index (χ4n) is 1.21. The molecule has 19 heavy (non-hydrogen) atoms. The Bertz CT molecular complexity index is 517. The summed E-state index contributed by atoms with van der Waals surface area (Å²) in [6, 6.07) is 3.59. The van der Waals surface area contributed by atoms with Gasteiger partial charge in [0, 0.05) is 18.2 Å². The van der Waals surface area contributed by atoms with Gasteiger partial charge < -0.3 is 10.4 Å². The molecule has 0 atom stereocenters. The molecule has 0 aliphatic rings. The van der Waals surface area contributed by atoms with Crippen LogP contribution in [-0.4, -0.2) is 22.3 Å². The fraction of sp³-hybridized carbons (Fsp3) is 0.273. The van der Waals surface area contributed by atoms with Crippen LogP contribution in [0, 0.1) is 10.1 Å². The Morgan fingerprint density at radius 3 is 2.79 bits per heavy atom. The van der Waals surface area contributed by atoms with Crippen molar-refractivity contribution in [1.29, 1.82) is 0 Å². The van der Waals surface area contributed by atoms with Crippen molar-refractivity contribution in [2.75, 3.05) is 0 Å². The van der Waals surface area contributed by atoms with Crippen LogP contribution in [0.4, 0.5) is 5.69 Å². The molecule has 0 spiro atoms. The zero-order valence-electron chi connectivity index (χ0n) is 10.4. The Morgan fingerprint density at radius 2 is 2.21 bits per heavy atom. The lowest BCUT2D eigenvalue weighted by atomic mass is 10.2. The van der Waals surface area contributed by atoms with Crippen molar-refractivity contribution >= 4 is 29.2 Å². The van der Waals surface area contributed by atoms with E-state index in [0.717, 1.165) is 18.2 Å². The average Bonchev–Trinajstić information content (AvgIpc) is 2.30. The van der Waals surface area contributed by atoms with E-state index in [1.54, 1.807) is 0 Å². The zero-order chi connectivity index (χ0) is 14.4. The molecule has 2 N–H and O–H groups in total. The first kappa shape index (κ1) is 14.8. The summed E-state index contributed by atoms with van der Waals surface area (Å²) < 4.78 is 0. The van der Waals surface area contributed by atoms with Gasteiger partial charge in [-0.15, -0.1) is 0 Å². The molecule has 0 heterocycles. The third kappa shape index (κ3) is 4.88. The Hall–Kier alpha value is -2.22. The van der Waals surface area contributed by atoms with E-state index in [2.05, 4.69) is 15.8 Å². The van der Waals surface area contributed by atoms with Crippen molar-refractivity contribution in [2.45, 2.75) is 19.9 Å². The van der Waals surface area contributed by atoms with Crippen molar-refractivity contribution in [3.05, 3.63) is 33.9 Å². The molecule has 1 aromatic rings. The number of non-ortho nitro benzene ring substituents is 1. The highest BCUT2D eigenvalue weighted by atomic mass is 32.1. The van der Waals surface area contributed by atoms with Gasteiger partial charge >= 0.3 is 0 Å². The van der Waals surface area contributed by atoms with Crippen LogP contribution < -0.4 is 15.8 Å². The van der Waals surface area contributed by atoms with E-state index in [0.29, 0.717) is 5.11 Å². The van der Waals surface area contributed by atoms with E-state index in [1.807, 2.05) is 13.8 Å². The third-order valence-electron chi connectivity index (χ3n) is 1.99. The first-order chi connectivity index (χ1) is 8.90. The standard InChI is InChI=1S/C11H14N4O3S/c1-7(2)13-11(19)14-12-6-8-5-9(15(17)18)3-4-10(8)16/h3-7,16H,1-2H3,(H2,13,14,19)/p-1/b12-6-. The highest BCUT2D eigenvalue weighted by Gasteiger charge is 2.05. The molecule has 0 aromatic heterocycles. The van der Waals surface area contributed by atoms with Crippen LogP contribution >= 0.6 is 12.2 Å². The van der Waals surface area contributed by atoms with Crippen molar-refractivity contribution in [3.63, 3.8) is 0 Å². The lowest BCUT2D eigenvalue weighted by Crippen LogP contribution is -2.36. The average molecular weight is 281 g/mol. The molecular formula is C11H13N4O3S-. The van der Waals surface area contributed by atoms with Gasteiger partial charge in [0.2, 0.25) is 0 Å². The number of nitrogens with zero attached hydrogens (tertiary/aromatic N) is 2. The van der Waals surface area contributed by atoms with Crippen molar-refractivity contribution in [2.24, 2.45) is 5.10 Å². The summed E-state index contributed by atoms with van der Waals surface area (Å²) in [6.45, 7) is 3.82. The molecule has 0 saturated heterocycles. The quantitative estimate of drug-likeness (QED) is 0.367. The number of rotatable bonds is 4. The van der Waals surface area contributed by atoms with E-state index >= 15 is 0 Å². The molecule has 8 heteroatoms. The van der Waals surface area contributed by atoms with Crippen LogP contribution in [-0.2, 0) is 0 Å². The van der Waals surface area contributed by atoms with Gasteiger partial charge in [-0.2, -0.15) is 5.10 Å². The number of hydrogen-bond acceptors (Lipinski definition) is 5. The predicted molar refractivity (Wildman–Crippen MR) is 74.1 cm³/mol. The Morgan fingerprint density at radius 1 is 1.53 bits per heavy atom. The van der Waals surface area contributed by atoms with Crippen LogP contribution in [0.2, 0.25) is 0 Å². The largest absolute Gasteiger partial charge is 0.872 e. The van der Waals surface area contributed by atoms with E-state index in [1.165, 1.54) is 6.21 Å². The van der Waals surface area contributed by atoms with Crippen molar-refractivity contribution < 1.29 is 10.0 Å². The lowest BCUT2D eigenvalue weighted by molar-refractivity contribution is -0.385. The topological polar surface area (TPSA) is 103 Å². The summed E-state index contributed by atoms with van der Waals surface area (Å²) >= 11 is 4.92. The number of thiocarbonyl (C=S) groups is 1. The van der Waals surface area contributed by atoms with E-state index in [9.17, 15) is 15.2 Å². The number of nitrogens with one attached hydrogen (secondary N) is 2. The minimum Gasteiger partial charge on any atom is -0.872 e. The van der Waals surface area contributed by atoms with Crippen LogP contribution in [0.25, 0.3) is 0 Å². The SMILES string of the molecule is CC(C)NC(=S)N/N=C\c1cc([N+](=O)[O-])ccc1[O-]. The highest BCUT2D eigenvalue weighted by molar-refractivity contribution is 7.80. The molecule has 1 rings (SSSR count). The summed E-state index contributed by atoms with van der Waals surface area (Å²) in [5.41, 5.74) is 2.48. The van der Waals surface area contributed by atoms with Gasteiger partial charge in [-0.3, -0.25) is 15.5 Å². The molecular weight excluding hydrogens is 268 g/mol. The van der Waals surface area contributed by atoms with Gasteiger partial charge in [0.05, 0.1) is 11.1 Å². The second kappa shape index (κ2) is 6.64. The number of benzene rings is 1. The smallest absolute Gasteiger partial charge is 0.270 e. The summed E-state index contributed by atoms with van der Waals surface area (Å²) in [6.07, 6.45) is 1.20. The molecule has 0 aliphatic heterocycles. The van der Waals surface area contributed by atoms with Gasteiger partial charge in [-0.25, -0.2) is 0 Å². The Balaban J connectivity index is 2.73. The van der Waals surface area contributed by atoms with E-state index in [-0.39, 0.29) is 23.0 Å². The molecule has 0 unspecified atom stereocenters. The summed E-state index contributed by atoms with van der Waals surface area (Å²) in [5, 5.41) is 29.0. The second-order valence-corrected chi connectivity index (χ2v) is 4.39. The van der Waals surface area contributed by atoms with Gasteiger partial charge in [-0.05, 0) is 31.6 Å². The molecule has 0 saturated carbocycles. The third-order valence-corrected chi connectivity index (χ3v) is 2.20.